The molecule has 1 rings (SSSR count). The van der Waals surface area contributed by atoms with E-state index in [1.807, 2.05) is 0 Å². The van der Waals surface area contributed by atoms with Crippen molar-refractivity contribution in [1.82, 2.24) is 4.90 Å². The summed E-state index contributed by atoms with van der Waals surface area (Å²) in [5.41, 5.74) is 6.28. The molecule has 0 aliphatic heterocycles. The second-order valence-corrected chi connectivity index (χ2v) is 3.90. The zero-order valence-electron chi connectivity index (χ0n) is 9.37. The van der Waals surface area contributed by atoms with Gasteiger partial charge in [0.25, 0.3) is 5.91 Å². The number of halogens is 1. The maximum atomic E-state index is 11.3. The van der Waals surface area contributed by atoms with Gasteiger partial charge in [-0.3, -0.25) is 4.79 Å². The van der Waals surface area contributed by atoms with Gasteiger partial charge in [-0.1, -0.05) is 17.7 Å². The summed E-state index contributed by atoms with van der Waals surface area (Å²) >= 11 is 5.95. The van der Waals surface area contributed by atoms with Gasteiger partial charge in [0.15, 0.2) is 6.61 Å². The van der Waals surface area contributed by atoms with E-state index >= 15 is 0 Å². The quantitative estimate of drug-likeness (QED) is 0.865. The van der Waals surface area contributed by atoms with E-state index in [1.54, 1.807) is 32.3 Å². The van der Waals surface area contributed by atoms with Gasteiger partial charge < -0.3 is 15.4 Å². The average molecular weight is 243 g/mol. The van der Waals surface area contributed by atoms with Crippen LogP contribution in [0, 0.1) is 0 Å². The normalized spacial score (nSPS) is 10.0. The Bertz CT molecular complexity index is 380. The largest absolute Gasteiger partial charge is 0.483 e. The van der Waals surface area contributed by atoms with Gasteiger partial charge in [0.05, 0.1) is 0 Å². The van der Waals surface area contributed by atoms with E-state index < -0.39 is 0 Å². The highest BCUT2D eigenvalue weighted by atomic mass is 35.5. The Balaban J connectivity index is 2.74. The van der Waals surface area contributed by atoms with Crippen LogP contribution in [-0.2, 0) is 11.3 Å². The predicted molar refractivity (Wildman–Crippen MR) is 63.5 cm³/mol. The van der Waals surface area contributed by atoms with Gasteiger partial charge in [0, 0.05) is 31.2 Å². The van der Waals surface area contributed by atoms with Crippen molar-refractivity contribution in [2.45, 2.75) is 6.54 Å². The van der Waals surface area contributed by atoms with Gasteiger partial charge in [-0.05, 0) is 12.1 Å². The molecule has 0 spiro atoms. The number of hydrogen-bond donors (Lipinski definition) is 1. The fourth-order valence-corrected chi connectivity index (χ4v) is 1.38. The van der Waals surface area contributed by atoms with Gasteiger partial charge in [-0.25, -0.2) is 0 Å². The Morgan fingerprint density at radius 3 is 2.75 bits per heavy atom. The molecule has 5 heteroatoms. The molecule has 2 N–H and O–H groups in total. The molecule has 4 nitrogen and oxygen atoms in total. The Hall–Kier alpha value is -1.26. The van der Waals surface area contributed by atoms with Gasteiger partial charge in [0.2, 0.25) is 0 Å². The molecule has 0 aliphatic rings. The summed E-state index contributed by atoms with van der Waals surface area (Å²) in [6.45, 7) is 0.269. The van der Waals surface area contributed by atoms with Crippen molar-refractivity contribution >= 4 is 17.5 Å². The van der Waals surface area contributed by atoms with Crippen molar-refractivity contribution in [3.05, 3.63) is 28.8 Å². The molecule has 88 valence electrons. The van der Waals surface area contributed by atoms with Crippen LogP contribution >= 0.6 is 11.6 Å². The highest BCUT2D eigenvalue weighted by Gasteiger charge is 2.09. The molecular formula is C11H15ClN2O2. The van der Waals surface area contributed by atoms with Crippen LogP contribution in [-0.4, -0.2) is 31.5 Å². The third-order valence-corrected chi connectivity index (χ3v) is 2.48. The first kappa shape index (κ1) is 12.8. The number of nitrogens with zero attached hydrogens (tertiary/aromatic N) is 1. The Labute approximate surface area is 99.9 Å². The molecule has 0 unspecified atom stereocenters. The number of benzene rings is 1. The molecule has 0 fully saturated rings. The monoisotopic (exact) mass is 242 g/mol. The lowest BCUT2D eigenvalue weighted by atomic mass is 10.2. The van der Waals surface area contributed by atoms with E-state index in [0.29, 0.717) is 10.8 Å². The number of carbonyl (C=O) groups is 1. The average Bonchev–Trinajstić information content (AvgIpc) is 2.25. The smallest absolute Gasteiger partial charge is 0.259 e. The van der Waals surface area contributed by atoms with Crippen LogP contribution in [0.2, 0.25) is 5.02 Å². The number of ether oxygens (including phenoxy) is 1. The summed E-state index contributed by atoms with van der Waals surface area (Å²) in [5, 5.41) is 0.553. The predicted octanol–water partition coefficient (Wildman–Crippen LogP) is 1.27. The molecule has 1 aromatic carbocycles. The molecule has 0 aliphatic carbocycles. The van der Waals surface area contributed by atoms with Crippen molar-refractivity contribution in [2.75, 3.05) is 20.7 Å². The lowest BCUT2D eigenvalue weighted by Crippen LogP contribution is -2.27. The number of amides is 1. The molecule has 1 amide bonds. The Morgan fingerprint density at radius 2 is 2.19 bits per heavy atom. The van der Waals surface area contributed by atoms with Crippen molar-refractivity contribution in [3.63, 3.8) is 0 Å². The number of carbonyl (C=O) groups excluding carboxylic acids is 1. The molecule has 0 aromatic heterocycles. The van der Waals surface area contributed by atoms with Crippen LogP contribution in [0.1, 0.15) is 5.56 Å². The van der Waals surface area contributed by atoms with Crippen LogP contribution in [0.3, 0.4) is 0 Å². The minimum atomic E-state index is -0.108. The summed E-state index contributed by atoms with van der Waals surface area (Å²) in [6.07, 6.45) is 0. The van der Waals surface area contributed by atoms with Gasteiger partial charge in [0.1, 0.15) is 5.75 Å². The fourth-order valence-electron chi connectivity index (χ4n) is 1.14. The topological polar surface area (TPSA) is 55.6 Å². The summed E-state index contributed by atoms with van der Waals surface area (Å²) in [5.74, 6) is 0.452. The summed E-state index contributed by atoms with van der Waals surface area (Å²) in [4.78, 5) is 12.8. The van der Waals surface area contributed by atoms with Crippen molar-refractivity contribution in [2.24, 2.45) is 5.73 Å². The number of likely N-dealkylation sites (N-methyl/N-ethyl adjacent to an activating group) is 1. The molecule has 1 aromatic rings. The van der Waals surface area contributed by atoms with E-state index in [4.69, 9.17) is 22.1 Å². The number of nitrogens with two attached hydrogens (primary N) is 1. The van der Waals surface area contributed by atoms with E-state index in [9.17, 15) is 4.79 Å². The second-order valence-electron chi connectivity index (χ2n) is 3.50. The standard InChI is InChI=1S/C11H15ClN2O2/c1-14(2)11(15)7-16-10-5-3-4-9(12)8(10)6-13/h3-5H,6-7,13H2,1-2H3. The highest BCUT2D eigenvalue weighted by molar-refractivity contribution is 6.31. The lowest BCUT2D eigenvalue weighted by Gasteiger charge is -2.14. The first-order valence-corrected chi connectivity index (χ1v) is 5.24. The summed E-state index contributed by atoms with van der Waals surface area (Å²) in [6, 6.07) is 5.25. The van der Waals surface area contributed by atoms with E-state index in [2.05, 4.69) is 0 Å². The second kappa shape index (κ2) is 5.72. The minimum absolute atomic E-state index is 0.0135. The minimum Gasteiger partial charge on any atom is -0.483 e. The van der Waals surface area contributed by atoms with Gasteiger partial charge in [-0.2, -0.15) is 0 Å². The molecule has 0 saturated heterocycles. The van der Waals surface area contributed by atoms with Crippen molar-refractivity contribution in [3.8, 4) is 5.75 Å². The molecular weight excluding hydrogens is 228 g/mol. The van der Waals surface area contributed by atoms with Crippen LogP contribution < -0.4 is 10.5 Å². The van der Waals surface area contributed by atoms with E-state index in [1.165, 1.54) is 4.90 Å². The van der Waals surface area contributed by atoms with E-state index in [-0.39, 0.29) is 19.1 Å². The summed E-state index contributed by atoms with van der Waals surface area (Å²) in [7, 11) is 3.35. The molecule has 0 radical (unpaired) electrons. The van der Waals surface area contributed by atoms with Crippen LogP contribution in [0.4, 0.5) is 0 Å². The Morgan fingerprint density at radius 1 is 1.50 bits per heavy atom. The molecule has 0 saturated carbocycles. The van der Waals surface area contributed by atoms with Crippen molar-refractivity contribution < 1.29 is 9.53 Å². The fraction of sp³-hybridized carbons (Fsp3) is 0.364. The number of hydrogen-bond acceptors (Lipinski definition) is 3. The van der Waals surface area contributed by atoms with Gasteiger partial charge in [-0.15, -0.1) is 0 Å². The molecule has 0 atom stereocenters. The third-order valence-electron chi connectivity index (χ3n) is 2.13. The van der Waals surface area contributed by atoms with Crippen LogP contribution in [0.25, 0.3) is 0 Å². The van der Waals surface area contributed by atoms with E-state index in [0.717, 1.165) is 5.56 Å². The Kier molecular flexibility index (Phi) is 4.58. The van der Waals surface area contributed by atoms with Crippen LogP contribution in [0.15, 0.2) is 18.2 Å². The first-order chi connectivity index (χ1) is 7.56. The molecule has 0 bridgehead atoms. The maximum Gasteiger partial charge on any atom is 0.259 e. The zero-order chi connectivity index (χ0) is 12.1. The summed E-state index contributed by atoms with van der Waals surface area (Å²) < 4.78 is 5.38. The lowest BCUT2D eigenvalue weighted by molar-refractivity contribution is -0.130. The SMILES string of the molecule is CN(C)C(=O)COc1cccc(Cl)c1CN. The maximum absolute atomic E-state index is 11.3. The zero-order valence-corrected chi connectivity index (χ0v) is 10.1. The van der Waals surface area contributed by atoms with Crippen LogP contribution in [0.5, 0.6) is 5.75 Å². The number of rotatable bonds is 4. The molecule has 16 heavy (non-hydrogen) atoms. The first-order valence-electron chi connectivity index (χ1n) is 4.86. The van der Waals surface area contributed by atoms with Gasteiger partial charge >= 0.3 is 0 Å². The highest BCUT2D eigenvalue weighted by Crippen LogP contribution is 2.25. The van der Waals surface area contributed by atoms with Crippen molar-refractivity contribution in [1.29, 1.82) is 0 Å². The third kappa shape index (κ3) is 3.12. The molecule has 0 heterocycles.